The number of para-hydroxylation sites is 1. The van der Waals surface area contributed by atoms with Gasteiger partial charge in [-0.2, -0.15) is 11.3 Å². The molecule has 1 atom stereocenters. The summed E-state index contributed by atoms with van der Waals surface area (Å²) in [5.41, 5.74) is 1.05. The minimum Gasteiger partial charge on any atom is -0.481 e. The lowest BCUT2D eigenvalue weighted by Gasteiger charge is -2.14. The molecule has 0 aliphatic heterocycles. The van der Waals surface area contributed by atoms with Gasteiger partial charge in [0.1, 0.15) is 17.3 Å². The van der Waals surface area contributed by atoms with Crippen molar-refractivity contribution in [3.05, 3.63) is 65.1 Å². The lowest BCUT2D eigenvalue weighted by molar-refractivity contribution is -0.127. The minimum absolute atomic E-state index is 0.178. The average molecular weight is 327 g/mol. The molecule has 2 aromatic heterocycles. The second-order valence-electron chi connectivity index (χ2n) is 5.07. The first-order valence-corrected chi connectivity index (χ1v) is 8.27. The average Bonchev–Trinajstić information content (AvgIpc) is 3.24. The molecule has 3 rings (SSSR count). The maximum atomic E-state index is 12.1. The predicted molar refractivity (Wildman–Crippen MR) is 90.4 cm³/mol. The van der Waals surface area contributed by atoms with E-state index in [1.807, 2.05) is 59.3 Å². The zero-order chi connectivity index (χ0) is 16.1. The Morgan fingerprint density at radius 3 is 2.78 bits per heavy atom. The van der Waals surface area contributed by atoms with Crippen LogP contribution in [0.2, 0.25) is 0 Å². The van der Waals surface area contributed by atoms with Gasteiger partial charge in [-0.1, -0.05) is 18.2 Å². The van der Waals surface area contributed by atoms with E-state index in [0.29, 0.717) is 18.1 Å². The highest BCUT2D eigenvalue weighted by molar-refractivity contribution is 7.08. The number of amides is 1. The predicted octanol–water partition coefficient (Wildman–Crippen LogP) is 4.09. The Morgan fingerprint density at radius 1 is 1.22 bits per heavy atom. The number of hydrogen-bond donors (Lipinski definition) is 1. The molecule has 0 saturated heterocycles. The monoisotopic (exact) mass is 327 g/mol. The van der Waals surface area contributed by atoms with Crippen LogP contribution < -0.4 is 10.1 Å². The lowest BCUT2D eigenvalue weighted by Crippen LogP contribution is -2.35. The second kappa shape index (κ2) is 7.15. The van der Waals surface area contributed by atoms with E-state index >= 15 is 0 Å². The van der Waals surface area contributed by atoms with Gasteiger partial charge in [-0.15, -0.1) is 0 Å². The van der Waals surface area contributed by atoms with Crippen molar-refractivity contribution >= 4 is 17.2 Å². The summed E-state index contributed by atoms with van der Waals surface area (Å²) in [5, 5.41) is 6.85. The number of ether oxygens (including phenoxy) is 1. The number of rotatable bonds is 6. The molecular weight excluding hydrogens is 310 g/mol. The summed E-state index contributed by atoms with van der Waals surface area (Å²) in [7, 11) is 0. The minimum atomic E-state index is -0.566. The lowest BCUT2D eigenvalue weighted by atomic mass is 10.3. The maximum Gasteiger partial charge on any atom is 0.261 e. The van der Waals surface area contributed by atoms with Crippen LogP contribution in [0.25, 0.3) is 11.3 Å². The molecule has 4 nitrogen and oxygen atoms in total. The summed E-state index contributed by atoms with van der Waals surface area (Å²) in [5.74, 6) is 2.02. The molecule has 1 aromatic carbocycles. The second-order valence-corrected chi connectivity index (χ2v) is 5.85. The first kappa shape index (κ1) is 15.4. The third-order valence-electron chi connectivity index (χ3n) is 3.33. The highest BCUT2D eigenvalue weighted by atomic mass is 32.1. The largest absolute Gasteiger partial charge is 0.481 e. The Morgan fingerprint density at radius 2 is 2.04 bits per heavy atom. The number of benzene rings is 1. The highest BCUT2D eigenvalue weighted by Crippen LogP contribution is 2.24. The van der Waals surface area contributed by atoms with Crippen molar-refractivity contribution in [3.63, 3.8) is 0 Å². The summed E-state index contributed by atoms with van der Waals surface area (Å²) in [4.78, 5) is 12.1. The summed E-state index contributed by atoms with van der Waals surface area (Å²) < 4.78 is 11.3. The van der Waals surface area contributed by atoms with E-state index in [-0.39, 0.29) is 5.91 Å². The van der Waals surface area contributed by atoms with Crippen LogP contribution in [0.1, 0.15) is 12.7 Å². The van der Waals surface area contributed by atoms with Gasteiger partial charge >= 0.3 is 0 Å². The Labute approximate surface area is 138 Å². The van der Waals surface area contributed by atoms with E-state index in [1.54, 1.807) is 18.3 Å². The smallest absolute Gasteiger partial charge is 0.261 e. The van der Waals surface area contributed by atoms with Crippen LogP contribution in [-0.2, 0) is 11.3 Å². The number of carbonyl (C=O) groups is 1. The third kappa shape index (κ3) is 4.02. The van der Waals surface area contributed by atoms with E-state index < -0.39 is 6.10 Å². The molecule has 0 saturated carbocycles. The van der Waals surface area contributed by atoms with Crippen molar-refractivity contribution in [3.8, 4) is 17.1 Å². The van der Waals surface area contributed by atoms with Crippen molar-refractivity contribution in [1.82, 2.24) is 5.32 Å². The van der Waals surface area contributed by atoms with Crippen LogP contribution >= 0.6 is 11.3 Å². The van der Waals surface area contributed by atoms with Crippen molar-refractivity contribution in [2.75, 3.05) is 0 Å². The van der Waals surface area contributed by atoms with E-state index in [4.69, 9.17) is 9.15 Å². The summed E-state index contributed by atoms with van der Waals surface area (Å²) in [6, 6.07) is 15.1. The summed E-state index contributed by atoms with van der Waals surface area (Å²) >= 11 is 1.62. The van der Waals surface area contributed by atoms with Crippen LogP contribution in [0.4, 0.5) is 0 Å². The standard InChI is InChI=1S/C18H17NO3S/c1-13(21-15-5-3-2-4-6-15)18(20)19-11-16-7-8-17(22-16)14-9-10-23-12-14/h2-10,12-13H,11H2,1H3,(H,19,20)/t13-/m1/s1. The Hall–Kier alpha value is -2.53. The topological polar surface area (TPSA) is 51.5 Å². The van der Waals surface area contributed by atoms with Gasteiger partial charge in [0.25, 0.3) is 5.91 Å². The number of carbonyl (C=O) groups excluding carboxylic acids is 1. The number of furan rings is 1. The van der Waals surface area contributed by atoms with E-state index in [1.165, 1.54) is 0 Å². The van der Waals surface area contributed by atoms with Gasteiger partial charge < -0.3 is 14.5 Å². The molecule has 2 heterocycles. The SMILES string of the molecule is C[C@@H](Oc1ccccc1)C(=O)NCc1ccc(-c2ccsc2)o1. The number of thiophene rings is 1. The van der Waals surface area contributed by atoms with Crippen LogP contribution in [0.15, 0.2) is 63.7 Å². The molecule has 1 N–H and O–H groups in total. The Bertz CT molecular complexity index is 750. The normalized spacial score (nSPS) is 11.9. The maximum absolute atomic E-state index is 12.1. The Kier molecular flexibility index (Phi) is 4.78. The first-order valence-electron chi connectivity index (χ1n) is 7.33. The fourth-order valence-electron chi connectivity index (χ4n) is 2.11. The molecule has 0 fully saturated rings. The molecule has 5 heteroatoms. The fourth-order valence-corrected chi connectivity index (χ4v) is 2.75. The van der Waals surface area contributed by atoms with Crippen molar-refractivity contribution < 1.29 is 13.9 Å². The number of nitrogens with one attached hydrogen (secondary N) is 1. The Balaban J connectivity index is 1.52. The van der Waals surface area contributed by atoms with Crippen LogP contribution in [-0.4, -0.2) is 12.0 Å². The first-order chi connectivity index (χ1) is 11.2. The fraction of sp³-hybridized carbons (Fsp3) is 0.167. The van der Waals surface area contributed by atoms with Crippen molar-refractivity contribution in [2.24, 2.45) is 0 Å². The van der Waals surface area contributed by atoms with Gasteiger partial charge in [-0.3, -0.25) is 4.79 Å². The van der Waals surface area contributed by atoms with Crippen molar-refractivity contribution in [1.29, 1.82) is 0 Å². The zero-order valence-corrected chi connectivity index (χ0v) is 13.5. The van der Waals surface area contributed by atoms with E-state index in [0.717, 1.165) is 11.3 Å². The van der Waals surface area contributed by atoms with Gasteiger partial charge in [0.2, 0.25) is 0 Å². The van der Waals surface area contributed by atoms with Crippen molar-refractivity contribution in [2.45, 2.75) is 19.6 Å². The summed E-state index contributed by atoms with van der Waals surface area (Å²) in [6.45, 7) is 2.06. The molecule has 0 aliphatic carbocycles. The molecule has 3 aromatic rings. The molecule has 23 heavy (non-hydrogen) atoms. The molecule has 0 spiro atoms. The van der Waals surface area contributed by atoms with Gasteiger partial charge in [0.15, 0.2) is 6.10 Å². The molecule has 0 aliphatic rings. The summed E-state index contributed by atoms with van der Waals surface area (Å²) in [6.07, 6.45) is -0.566. The van der Waals surface area contributed by atoms with E-state index in [9.17, 15) is 4.79 Å². The van der Waals surface area contributed by atoms with Gasteiger partial charge in [0, 0.05) is 10.9 Å². The van der Waals surface area contributed by atoms with E-state index in [2.05, 4.69) is 5.32 Å². The zero-order valence-electron chi connectivity index (χ0n) is 12.7. The van der Waals surface area contributed by atoms with Crippen LogP contribution in [0, 0.1) is 0 Å². The van der Waals surface area contributed by atoms with Gasteiger partial charge in [-0.25, -0.2) is 0 Å². The van der Waals surface area contributed by atoms with Gasteiger partial charge in [0.05, 0.1) is 6.54 Å². The molecular formula is C18H17NO3S. The molecule has 118 valence electrons. The molecule has 0 unspecified atom stereocenters. The third-order valence-corrected chi connectivity index (χ3v) is 4.01. The molecule has 0 bridgehead atoms. The highest BCUT2D eigenvalue weighted by Gasteiger charge is 2.15. The number of hydrogen-bond acceptors (Lipinski definition) is 4. The quantitative estimate of drug-likeness (QED) is 0.742. The molecule has 1 amide bonds. The van der Waals surface area contributed by atoms with Crippen LogP contribution in [0.5, 0.6) is 5.75 Å². The van der Waals surface area contributed by atoms with Gasteiger partial charge in [-0.05, 0) is 42.6 Å². The van der Waals surface area contributed by atoms with Crippen LogP contribution in [0.3, 0.4) is 0 Å². The molecule has 0 radical (unpaired) electrons.